The van der Waals surface area contributed by atoms with Crippen LogP contribution in [0.15, 0.2) is 48.6 Å². The molecule has 80 valence electrons. The standard InChI is InChI=1S/C13H19NSi/c1-14(2)15(3,12-8-4-5-9-12)13-10-6-7-11-13/h4-13H,1-3H3. The molecule has 2 aliphatic carbocycles. The van der Waals surface area contributed by atoms with Gasteiger partial charge in [-0.25, -0.2) is 0 Å². The summed E-state index contributed by atoms with van der Waals surface area (Å²) in [7, 11) is 2.98. The van der Waals surface area contributed by atoms with Gasteiger partial charge in [0.1, 0.15) is 8.24 Å². The van der Waals surface area contributed by atoms with Crippen LogP contribution in [0.25, 0.3) is 0 Å². The van der Waals surface area contributed by atoms with E-state index < -0.39 is 8.24 Å². The van der Waals surface area contributed by atoms with Gasteiger partial charge in [0, 0.05) is 11.1 Å². The zero-order valence-corrected chi connectivity index (χ0v) is 10.7. The summed E-state index contributed by atoms with van der Waals surface area (Å²) in [6.07, 6.45) is 18.1. The van der Waals surface area contributed by atoms with Gasteiger partial charge in [0.2, 0.25) is 0 Å². The van der Waals surface area contributed by atoms with Gasteiger partial charge in [-0.2, -0.15) is 0 Å². The second kappa shape index (κ2) is 3.95. The molecule has 0 saturated carbocycles. The van der Waals surface area contributed by atoms with Crippen LogP contribution in [-0.4, -0.2) is 26.9 Å². The van der Waals surface area contributed by atoms with E-state index in [2.05, 4.69) is 73.8 Å². The number of rotatable bonds is 3. The maximum absolute atomic E-state index is 2.47. The van der Waals surface area contributed by atoms with Crippen LogP contribution in [0.3, 0.4) is 0 Å². The van der Waals surface area contributed by atoms with Gasteiger partial charge in [-0.3, -0.25) is 0 Å². The van der Waals surface area contributed by atoms with Crippen LogP contribution in [-0.2, 0) is 0 Å². The molecule has 0 aromatic rings. The predicted octanol–water partition coefficient (Wildman–Crippen LogP) is 3.12. The van der Waals surface area contributed by atoms with Crippen molar-refractivity contribution < 1.29 is 0 Å². The van der Waals surface area contributed by atoms with Crippen molar-refractivity contribution in [1.29, 1.82) is 0 Å². The van der Waals surface area contributed by atoms with Crippen molar-refractivity contribution in [2.24, 2.45) is 0 Å². The van der Waals surface area contributed by atoms with E-state index in [1.165, 1.54) is 0 Å². The van der Waals surface area contributed by atoms with Gasteiger partial charge in [0.15, 0.2) is 0 Å². The minimum atomic E-state index is -1.47. The van der Waals surface area contributed by atoms with Crippen molar-refractivity contribution in [3.05, 3.63) is 48.6 Å². The molecule has 0 aromatic heterocycles. The third-order valence-corrected chi connectivity index (χ3v) is 9.21. The van der Waals surface area contributed by atoms with Crippen LogP contribution in [0, 0.1) is 0 Å². The van der Waals surface area contributed by atoms with Crippen LogP contribution in [0.4, 0.5) is 0 Å². The Balaban J connectivity index is 2.31. The number of nitrogens with zero attached hydrogens (tertiary/aromatic N) is 1. The van der Waals surface area contributed by atoms with Gasteiger partial charge < -0.3 is 4.57 Å². The van der Waals surface area contributed by atoms with Gasteiger partial charge in [0.25, 0.3) is 0 Å². The molecule has 0 amide bonds. The first-order valence-electron chi connectivity index (χ1n) is 5.53. The molecule has 0 aliphatic heterocycles. The average molecular weight is 217 g/mol. The summed E-state index contributed by atoms with van der Waals surface area (Å²) in [4.78, 5) is 0. The third-order valence-electron chi connectivity index (χ3n) is 3.81. The van der Waals surface area contributed by atoms with E-state index in [-0.39, 0.29) is 0 Å². The Morgan fingerprint density at radius 2 is 1.13 bits per heavy atom. The Morgan fingerprint density at radius 1 is 0.800 bits per heavy atom. The van der Waals surface area contributed by atoms with E-state index in [1.54, 1.807) is 0 Å². The summed E-state index contributed by atoms with van der Waals surface area (Å²) in [5.74, 6) is 0. The first-order valence-corrected chi connectivity index (χ1v) is 8.13. The monoisotopic (exact) mass is 217 g/mol. The lowest BCUT2D eigenvalue weighted by atomic mass is 10.4. The van der Waals surface area contributed by atoms with Gasteiger partial charge in [0.05, 0.1) is 0 Å². The largest absolute Gasteiger partial charge is 0.328 e. The summed E-state index contributed by atoms with van der Waals surface area (Å²) in [6.45, 7) is 2.47. The number of allylic oxidation sites excluding steroid dienone is 8. The molecule has 0 fully saturated rings. The van der Waals surface area contributed by atoms with E-state index in [0.717, 1.165) is 0 Å². The van der Waals surface area contributed by atoms with Gasteiger partial charge >= 0.3 is 0 Å². The Morgan fingerprint density at radius 3 is 1.40 bits per heavy atom. The van der Waals surface area contributed by atoms with Crippen LogP contribution >= 0.6 is 0 Å². The lowest BCUT2D eigenvalue weighted by molar-refractivity contribution is 0.601. The molecule has 2 heteroatoms. The maximum Gasteiger partial charge on any atom is 0.146 e. The summed E-state index contributed by atoms with van der Waals surface area (Å²) in [5, 5.41) is 0. The molecule has 0 unspecified atom stereocenters. The Bertz CT molecular complexity index is 298. The number of hydrogen-bond donors (Lipinski definition) is 0. The Labute approximate surface area is 93.6 Å². The topological polar surface area (TPSA) is 3.24 Å². The fraction of sp³-hybridized carbons (Fsp3) is 0.385. The van der Waals surface area contributed by atoms with E-state index in [1.807, 2.05) is 0 Å². The Kier molecular flexibility index (Phi) is 2.80. The summed E-state index contributed by atoms with van der Waals surface area (Å²) in [5.41, 5.74) is 1.29. The number of hydrogen-bond acceptors (Lipinski definition) is 1. The molecule has 2 aliphatic rings. The summed E-state index contributed by atoms with van der Waals surface area (Å²) < 4.78 is 2.47. The molecule has 0 spiro atoms. The predicted molar refractivity (Wildman–Crippen MR) is 69.4 cm³/mol. The average Bonchev–Trinajstić information content (AvgIpc) is 2.89. The summed E-state index contributed by atoms with van der Waals surface area (Å²) >= 11 is 0. The molecule has 1 nitrogen and oxygen atoms in total. The minimum absolute atomic E-state index is 0.643. The van der Waals surface area contributed by atoms with Crippen molar-refractivity contribution in [3.8, 4) is 0 Å². The maximum atomic E-state index is 2.47. The van der Waals surface area contributed by atoms with E-state index >= 15 is 0 Å². The van der Waals surface area contributed by atoms with Crippen LogP contribution in [0.1, 0.15) is 0 Å². The first-order chi connectivity index (χ1) is 7.15. The Hall–Kier alpha value is -0.863. The molecule has 0 heterocycles. The lowest BCUT2D eigenvalue weighted by Crippen LogP contribution is -2.52. The molecule has 2 rings (SSSR count). The molecule has 0 bridgehead atoms. The van der Waals surface area contributed by atoms with Crippen molar-refractivity contribution in [1.82, 2.24) is 4.57 Å². The highest BCUT2D eigenvalue weighted by molar-refractivity contribution is 6.80. The first kappa shape index (κ1) is 10.6. The molecular formula is C13H19NSi. The second-order valence-corrected chi connectivity index (χ2v) is 9.39. The highest BCUT2D eigenvalue weighted by atomic mass is 28.3. The van der Waals surface area contributed by atoms with E-state index in [9.17, 15) is 0 Å². The zero-order valence-electron chi connectivity index (χ0n) is 9.72. The van der Waals surface area contributed by atoms with Gasteiger partial charge in [-0.05, 0) is 14.1 Å². The fourth-order valence-corrected chi connectivity index (χ4v) is 6.10. The van der Waals surface area contributed by atoms with Crippen LogP contribution in [0.5, 0.6) is 0 Å². The van der Waals surface area contributed by atoms with Crippen LogP contribution < -0.4 is 0 Å². The molecule has 15 heavy (non-hydrogen) atoms. The fourth-order valence-electron chi connectivity index (χ4n) is 2.46. The van der Waals surface area contributed by atoms with Crippen molar-refractivity contribution in [2.45, 2.75) is 17.6 Å². The smallest absolute Gasteiger partial charge is 0.146 e. The van der Waals surface area contributed by atoms with Crippen molar-refractivity contribution >= 4 is 8.24 Å². The minimum Gasteiger partial charge on any atom is -0.328 e. The highest BCUT2D eigenvalue weighted by Gasteiger charge is 2.42. The molecule has 0 aromatic carbocycles. The summed E-state index contributed by atoms with van der Waals surface area (Å²) in [6, 6.07) is 0. The third kappa shape index (κ3) is 1.68. The van der Waals surface area contributed by atoms with Crippen molar-refractivity contribution in [2.75, 3.05) is 14.1 Å². The zero-order chi connectivity index (χ0) is 10.9. The molecule has 0 atom stereocenters. The van der Waals surface area contributed by atoms with Gasteiger partial charge in [-0.1, -0.05) is 55.2 Å². The van der Waals surface area contributed by atoms with E-state index in [4.69, 9.17) is 0 Å². The SMILES string of the molecule is CN(C)[Si](C)(C1C=CC=C1)C1C=CC=C1. The lowest BCUT2D eigenvalue weighted by Gasteiger charge is -2.41. The van der Waals surface area contributed by atoms with Gasteiger partial charge in [-0.15, -0.1) is 0 Å². The van der Waals surface area contributed by atoms with Crippen LogP contribution in [0.2, 0.25) is 17.6 Å². The van der Waals surface area contributed by atoms with Crippen molar-refractivity contribution in [3.63, 3.8) is 0 Å². The van der Waals surface area contributed by atoms with E-state index in [0.29, 0.717) is 11.1 Å². The quantitative estimate of drug-likeness (QED) is 0.657. The highest BCUT2D eigenvalue weighted by Crippen LogP contribution is 2.41. The molecular weight excluding hydrogens is 198 g/mol. The molecule has 0 saturated heterocycles. The molecule has 0 N–H and O–H groups in total. The normalized spacial score (nSPS) is 21.3. The molecule has 0 radical (unpaired) electrons. The second-order valence-electron chi connectivity index (χ2n) is 4.71.